The average Bonchev–Trinajstić information content (AvgIpc) is 3.36. The highest BCUT2D eigenvalue weighted by atomic mass is 32.1. The molecule has 0 saturated heterocycles. The molecular formula is C19H16N4O3S. The molecule has 3 rings (SSSR count). The molecule has 0 saturated carbocycles. The summed E-state index contributed by atoms with van der Waals surface area (Å²) in [6.07, 6.45) is 0. The van der Waals surface area contributed by atoms with Crippen LogP contribution in [-0.2, 0) is 0 Å². The van der Waals surface area contributed by atoms with Gasteiger partial charge in [-0.3, -0.25) is 14.7 Å². The summed E-state index contributed by atoms with van der Waals surface area (Å²) in [4.78, 5) is 24.4. The summed E-state index contributed by atoms with van der Waals surface area (Å²) in [6.45, 7) is 0.228. The smallest absolute Gasteiger partial charge is 0.272 e. The first-order valence-corrected chi connectivity index (χ1v) is 8.88. The number of nitrogens with zero attached hydrogens (tertiary/aromatic N) is 1. The normalized spacial score (nSPS) is 9.93. The summed E-state index contributed by atoms with van der Waals surface area (Å²) in [5.74, 6) is 5.05. The zero-order chi connectivity index (χ0) is 19.1. The van der Waals surface area contributed by atoms with Gasteiger partial charge in [0.05, 0.1) is 22.7 Å². The van der Waals surface area contributed by atoms with Crippen LogP contribution in [-0.4, -0.2) is 35.2 Å². The predicted octanol–water partition coefficient (Wildman–Crippen LogP) is 2.05. The average molecular weight is 380 g/mol. The van der Waals surface area contributed by atoms with E-state index >= 15 is 0 Å². The van der Waals surface area contributed by atoms with E-state index in [4.69, 9.17) is 10.5 Å². The molecule has 2 aromatic heterocycles. The van der Waals surface area contributed by atoms with E-state index in [-0.39, 0.29) is 19.1 Å². The number of rotatable bonds is 6. The van der Waals surface area contributed by atoms with Gasteiger partial charge in [0.2, 0.25) is 0 Å². The van der Waals surface area contributed by atoms with Crippen molar-refractivity contribution in [2.24, 2.45) is 5.73 Å². The number of amides is 2. The quantitative estimate of drug-likeness (QED) is 0.569. The number of nitrogens with two attached hydrogens (primary N) is 1. The first kappa shape index (κ1) is 18.2. The van der Waals surface area contributed by atoms with Crippen LogP contribution >= 0.6 is 11.3 Å². The van der Waals surface area contributed by atoms with Gasteiger partial charge in [0.25, 0.3) is 11.8 Å². The summed E-state index contributed by atoms with van der Waals surface area (Å²) >= 11 is 1.56. The van der Waals surface area contributed by atoms with Crippen molar-refractivity contribution in [2.75, 3.05) is 13.2 Å². The number of para-hydroxylation sites is 1. The molecule has 0 unspecified atom stereocenters. The van der Waals surface area contributed by atoms with Gasteiger partial charge in [0.1, 0.15) is 12.4 Å². The molecule has 1 aromatic carbocycles. The Bertz CT molecular complexity index is 999. The number of hydrogen-bond acceptors (Lipinski definition) is 5. The molecule has 0 atom stereocenters. The molecule has 7 nitrogen and oxygen atoms in total. The van der Waals surface area contributed by atoms with E-state index in [0.717, 1.165) is 10.6 Å². The number of hydrogen-bond donors (Lipinski definition) is 3. The summed E-state index contributed by atoms with van der Waals surface area (Å²) in [5, 5.41) is 11.5. The van der Waals surface area contributed by atoms with Crippen molar-refractivity contribution in [2.45, 2.75) is 0 Å². The Morgan fingerprint density at radius 2 is 2.07 bits per heavy atom. The van der Waals surface area contributed by atoms with Crippen LogP contribution in [0.4, 0.5) is 0 Å². The minimum absolute atomic E-state index is 0.0745. The van der Waals surface area contributed by atoms with Gasteiger partial charge in [-0.25, -0.2) is 0 Å². The van der Waals surface area contributed by atoms with Gasteiger partial charge in [-0.05, 0) is 29.6 Å². The molecule has 8 heteroatoms. The maximum atomic E-state index is 12.1. The van der Waals surface area contributed by atoms with E-state index in [1.165, 1.54) is 0 Å². The molecule has 0 aliphatic carbocycles. The Morgan fingerprint density at radius 1 is 1.22 bits per heavy atom. The second-order valence-electron chi connectivity index (χ2n) is 5.33. The van der Waals surface area contributed by atoms with Crippen LogP contribution in [0.2, 0.25) is 0 Å². The molecular weight excluding hydrogens is 364 g/mol. The van der Waals surface area contributed by atoms with Gasteiger partial charge in [-0.1, -0.05) is 30.0 Å². The van der Waals surface area contributed by atoms with Crippen LogP contribution in [0.25, 0.3) is 10.6 Å². The third-order valence-electron chi connectivity index (χ3n) is 3.51. The Morgan fingerprint density at radius 3 is 2.85 bits per heavy atom. The van der Waals surface area contributed by atoms with Gasteiger partial charge in [0, 0.05) is 0 Å². The fraction of sp³-hybridized carbons (Fsp3) is 0.105. The van der Waals surface area contributed by atoms with Gasteiger partial charge in [0.15, 0.2) is 5.69 Å². The van der Waals surface area contributed by atoms with Crippen molar-refractivity contribution in [3.05, 3.63) is 59.1 Å². The Hall–Kier alpha value is -3.57. The Labute approximate surface area is 159 Å². The number of thiophene rings is 1. The largest absolute Gasteiger partial charge is 0.480 e. The van der Waals surface area contributed by atoms with Crippen molar-refractivity contribution in [1.29, 1.82) is 0 Å². The second-order valence-corrected chi connectivity index (χ2v) is 6.28. The van der Waals surface area contributed by atoms with E-state index in [2.05, 4.69) is 27.4 Å². The highest BCUT2D eigenvalue weighted by Crippen LogP contribution is 2.22. The fourth-order valence-corrected chi connectivity index (χ4v) is 2.93. The lowest BCUT2D eigenvalue weighted by Crippen LogP contribution is -2.24. The van der Waals surface area contributed by atoms with E-state index in [1.54, 1.807) is 41.7 Å². The standard InChI is InChI=1S/C19H16N4O3S/c20-18(24)13-6-1-2-7-16(13)26-10-4-3-9-21-19(25)15-12-14(22-23-15)17-8-5-11-27-17/h1-2,5-8,11-12H,9-10H2,(H2,20,24)(H,21,25)(H,22,23). The molecule has 3 aromatic rings. The number of carbonyl (C=O) groups is 2. The van der Waals surface area contributed by atoms with Gasteiger partial charge in [-0.2, -0.15) is 5.10 Å². The molecule has 136 valence electrons. The van der Waals surface area contributed by atoms with Crippen molar-refractivity contribution >= 4 is 23.2 Å². The minimum Gasteiger partial charge on any atom is -0.480 e. The van der Waals surface area contributed by atoms with Crippen LogP contribution in [0.3, 0.4) is 0 Å². The molecule has 2 heterocycles. The van der Waals surface area contributed by atoms with Crippen molar-refractivity contribution in [1.82, 2.24) is 15.5 Å². The molecule has 4 N–H and O–H groups in total. The summed E-state index contributed by atoms with van der Waals surface area (Å²) < 4.78 is 5.43. The molecule has 0 spiro atoms. The summed E-state index contributed by atoms with van der Waals surface area (Å²) in [5.41, 5.74) is 6.67. The first-order valence-electron chi connectivity index (χ1n) is 8.00. The number of aromatic amines is 1. The van der Waals surface area contributed by atoms with Gasteiger partial charge >= 0.3 is 0 Å². The van der Waals surface area contributed by atoms with Crippen molar-refractivity contribution in [3.8, 4) is 28.2 Å². The third kappa shape index (κ3) is 4.74. The number of ether oxygens (including phenoxy) is 1. The molecule has 0 aliphatic heterocycles. The van der Waals surface area contributed by atoms with Crippen LogP contribution in [0.5, 0.6) is 5.75 Å². The van der Waals surface area contributed by atoms with E-state index < -0.39 is 5.91 Å². The van der Waals surface area contributed by atoms with Crippen LogP contribution < -0.4 is 15.8 Å². The zero-order valence-corrected chi connectivity index (χ0v) is 15.0. The van der Waals surface area contributed by atoms with Crippen LogP contribution in [0.1, 0.15) is 20.8 Å². The molecule has 0 bridgehead atoms. The van der Waals surface area contributed by atoms with E-state index in [1.807, 2.05) is 17.5 Å². The lowest BCUT2D eigenvalue weighted by molar-refractivity contribution is 0.0952. The summed E-state index contributed by atoms with van der Waals surface area (Å²) in [7, 11) is 0. The first-order chi connectivity index (χ1) is 13.1. The molecule has 0 fully saturated rings. The number of benzene rings is 1. The second kappa shape index (κ2) is 8.69. The highest BCUT2D eigenvalue weighted by molar-refractivity contribution is 7.13. The topological polar surface area (TPSA) is 110 Å². The molecule has 0 aliphatic rings. The monoisotopic (exact) mass is 380 g/mol. The fourth-order valence-electron chi connectivity index (χ4n) is 2.23. The van der Waals surface area contributed by atoms with E-state index in [0.29, 0.717) is 17.0 Å². The van der Waals surface area contributed by atoms with Crippen molar-refractivity contribution < 1.29 is 14.3 Å². The maximum absolute atomic E-state index is 12.1. The molecule has 0 radical (unpaired) electrons. The Balaban J connectivity index is 1.47. The predicted molar refractivity (Wildman–Crippen MR) is 102 cm³/mol. The molecule has 27 heavy (non-hydrogen) atoms. The zero-order valence-electron chi connectivity index (χ0n) is 14.2. The number of carbonyl (C=O) groups excluding carboxylic acids is 2. The highest BCUT2D eigenvalue weighted by Gasteiger charge is 2.11. The SMILES string of the molecule is NC(=O)c1ccccc1OCC#CCNC(=O)c1cc(-c2cccs2)[nH]n1. The number of nitrogens with one attached hydrogen (secondary N) is 2. The van der Waals surface area contributed by atoms with Gasteiger partial charge in [-0.15, -0.1) is 11.3 Å². The van der Waals surface area contributed by atoms with Crippen molar-refractivity contribution in [3.63, 3.8) is 0 Å². The summed E-state index contributed by atoms with van der Waals surface area (Å²) in [6, 6.07) is 12.2. The Kier molecular flexibility index (Phi) is 5.87. The minimum atomic E-state index is -0.563. The van der Waals surface area contributed by atoms with Gasteiger partial charge < -0.3 is 15.8 Å². The number of primary amides is 1. The lowest BCUT2D eigenvalue weighted by atomic mass is 10.2. The van der Waals surface area contributed by atoms with E-state index in [9.17, 15) is 9.59 Å². The van der Waals surface area contributed by atoms with Crippen LogP contribution in [0.15, 0.2) is 47.8 Å². The van der Waals surface area contributed by atoms with Crippen LogP contribution in [0, 0.1) is 11.8 Å². The number of aromatic nitrogens is 2. The maximum Gasteiger partial charge on any atom is 0.272 e. The lowest BCUT2D eigenvalue weighted by Gasteiger charge is -2.05. The molecule has 2 amide bonds. The number of H-pyrrole nitrogens is 1. The third-order valence-corrected chi connectivity index (χ3v) is 4.41.